The molecule has 1 aliphatic carbocycles. The second kappa shape index (κ2) is 4.86. The van der Waals surface area contributed by atoms with Gasteiger partial charge in [-0.05, 0) is 43.4 Å². The highest BCUT2D eigenvalue weighted by atomic mass is 16.3. The molecule has 0 aromatic rings. The average Bonchev–Trinajstić information content (AvgIpc) is 2.26. The third-order valence-electron chi connectivity index (χ3n) is 4.09. The Hall–Kier alpha value is -0.0400. The lowest BCUT2D eigenvalue weighted by Gasteiger charge is -2.30. The zero-order chi connectivity index (χ0) is 11.5. The van der Waals surface area contributed by atoms with Crippen LogP contribution in [0.3, 0.4) is 0 Å². The summed E-state index contributed by atoms with van der Waals surface area (Å²) in [6.07, 6.45) is 7.85. The topological polar surface area (TPSA) is 20.2 Å². The van der Waals surface area contributed by atoms with Crippen LogP contribution in [0.15, 0.2) is 0 Å². The van der Waals surface area contributed by atoms with Gasteiger partial charge in [0.15, 0.2) is 0 Å². The largest absolute Gasteiger partial charge is 0.390 e. The second-order valence-electron chi connectivity index (χ2n) is 6.47. The van der Waals surface area contributed by atoms with E-state index in [2.05, 4.69) is 27.7 Å². The predicted molar refractivity (Wildman–Crippen MR) is 65.9 cm³/mol. The first kappa shape index (κ1) is 13.0. The summed E-state index contributed by atoms with van der Waals surface area (Å²) in [6.45, 7) is 9.18. The third kappa shape index (κ3) is 3.79. The minimum absolute atomic E-state index is 0.339. The number of hydrogen-bond acceptors (Lipinski definition) is 1. The van der Waals surface area contributed by atoms with Crippen LogP contribution in [-0.4, -0.2) is 10.7 Å². The van der Waals surface area contributed by atoms with E-state index in [0.29, 0.717) is 5.41 Å². The van der Waals surface area contributed by atoms with Gasteiger partial charge in [0.25, 0.3) is 0 Å². The fourth-order valence-corrected chi connectivity index (χ4v) is 2.97. The van der Waals surface area contributed by atoms with Crippen LogP contribution in [0.2, 0.25) is 0 Å². The van der Waals surface area contributed by atoms with Gasteiger partial charge in [0.2, 0.25) is 0 Å². The SMILES string of the molecule is CCCC1(O)CCCC(C(C)(C)C)CC1. The van der Waals surface area contributed by atoms with Crippen LogP contribution in [0.1, 0.15) is 72.6 Å². The Morgan fingerprint density at radius 3 is 2.40 bits per heavy atom. The lowest BCUT2D eigenvalue weighted by Crippen LogP contribution is -2.28. The van der Waals surface area contributed by atoms with Crippen LogP contribution >= 0.6 is 0 Å². The number of aliphatic hydroxyl groups is 1. The molecule has 1 heteroatoms. The maximum absolute atomic E-state index is 10.4. The molecule has 1 fully saturated rings. The molecule has 2 atom stereocenters. The van der Waals surface area contributed by atoms with Crippen molar-refractivity contribution in [3.05, 3.63) is 0 Å². The Morgan fingerprint density at radius 2 is 1.87 bits per heavy atom. The Bertz CT molecular complexity index is 192. The maximum atomic E-state index is 10.4. The molecule has 0 heterocycles. The number of hydrogen-bond donors (Lipinski definition) is 1. The molecule has 0 spiro atoms. The molecule has 0 saturated heterocycles. The minimum atomic E-state index is -0.339. The Labute approximate surface area is 95.3 Å². The molecular weight excluding hydrogens is 184 g/mol. The minimum Gasteiger partial charge on any atom is -0.390 e. The van der Waals surface area contributed by atoms with Crippen molar-refractivity contribution in [3.63, 3.8) is 0 Å². The van der Waals surface area contributed by atoms with Crippen molar-refractivity contribution in [1.82, 2.24) is 0 Å². The van der Waals surface area contributed by atoms with Gasteiger partial charge in [-0.15, -0.1) is 0 Å². The van der Waals surface area contributed by atoms with Crippen molar-refractivity contribution in [2.24, 2.45) is 11.3 Å². The van der Waals surface area contributed by atoms with Crippen molar-refractivity contribution in [2.75, 3.05) is 0 Å². The molecule has 0 amide bonds. The number of rotatable bonds is 2. The highest BCUT2D eigenvalue weighted by molar-refractivity contribution is 4.86. The average molecular weight is 212 g/mol. The van der Waals surface area contributed by atoms with Crippen LogP contribution in [0.5, 0.6) is 0 Å². The summed E-state index contributed by atoms with van der Waals surface area (Å²) in [5.74, 6) is 0.795. The summed E-state index contributed by atoms with van der Waals surface area (Å²) in [7, 11) is 0. The Morgan fingerprint density at radius 1 is 1.20 bits per heavy atom. The summed E-state index contributed by atoms with van der Waals surface area (Å²) < 4.78 is 0. The molecule has 0 radical (unpaired) electrons. The van der Waals surface area contributed by atoms with Gasteiger partial charge in [0.1, 0.15) is 0 Å². The van der Waals surface area contributed by atoms with E-state index in [0.717, 1.165) is 31.6 Å². The standard InChI is InChI=1S/C14H28O/c1-5-9-14(15)10-6-7-12(8-11-14)13(2,3)4/h12,15H,5-11H2,1-4H3. The molecule has 1 rings (SSSR count). The second-order valence-corrected chi connectivity index (χ2v) is 6.47. The molecular formula is C14H28O. The first-order chi connectivity index (χ1) is 6.87. The van der Waals surface area contributed by atoms with Gasteiger partial charge in [-0.3, -0.25) is 0 Å². The Kier molecular flexibility index (Phi) is 4.22. The van der Waals surface area contributed by atoms with Gasteiger partial charge in [-0.25, -0.2) is 0 Å². The van der Waals surface area contributed by atoms with E-state index >= 15 is 0 Å². The van der Waals surface area contributed by atoms with Crippen molar-refractivity contribution >= 4 is 0 Å². The van der Waals surface area contributed by atoms with E-state index in [9.17, 15) is 5.11 Å². The molecule has 1 saturated carbocycles. The van der Waals surface area contributed by atoms with Crippen molar-refractivity contribution in [1.29, 1.82) is 0 Å². The first-order valence-corrected chi connectivity index (χ1v) is 6.60. The molecule has 1 aliphatic rings. The predicted octanol–water partition coefficient (Wildman–Crippen LogP) is 4.14. The van der Waals surface area contributed by atoms with E-state index < -0.39 is 0 Å². The molecule has 2 unspecified atom stereocenters. The van der Waals surface area contributed by atoms with Gasteiger partial charge in [0, 0.05) is 0 Å². The fraction of sp³-hybridized carbons (Fsp3) is 1.00. The van der Waals surface area contributed by atoms with Crippen molar-refractivity contribution in [2.45, 2.75) is 78.2 Å². The summed E-state index contributed by atoms with van der Waals surface area (Å²) in [5.41, 5.74) is 0.0756. The van der Waals surface area contributed by atoms with E-state index in [4.69, 9.17) is 0 Å². The van der Waals surface area contributed by atoms with Gasteiger partial charge in [-0.1, -0.05) is 40.5 Å². The van der Waals surface area contributed by atoms with E-state index in [-0.39, 0.29) is 5.60 Å². The molecule has 0 bridgehead atoms. The van der Waals surface area contributed by atoms with Gasteiger partial charge >= 0.3 is 0 Å². The van der Waals surface area contributed by atoms with Crippen molar-refractivity contribution < 1.29 is 5.11 Å². The zero-order valence-corrected chi connectivity index (χ0v) is 11.0. The lowest BCUT2D eigenvalue weighted by molar-refractivity contribution is 0.0133. The summed E-state index contributed by atoms with van der Waals surface area (Å²) in [5, 5.41) is 10.4. The van der Waals surface area contributed by atoms with Crippen LogP contribution in [0.25, 0.3) is 0 Å². The molecule has 0 aliphatic heterocycles. The van der Waals surface area contributed by atoms with E-state index in [1.54, 1.807) is 0 Å². The van der Waals surface area contributed by atoms with E-state index in [1.807, 2.05) is 0 Å². The van der Waals surface area contributed by atoms with Crippen LogP contribution < -0.4 is 0 Å². The molecule has 15 heavy (non-hydrogen) atoms. The smallest absolute Gasteiger partial charge is 0.0647 e. The van der Waals surface area contributed by atoms with Gasteiger partial charge < -0.3 is 5.11 Å². The normalized spacial score (nSPS) is 33.8. The van der Waals surface area contributed by atoms with Crippen molar-refractivity contribution in [3.8, 4) is 0 Å². The van der Waals surface area contributed by atoms with Gasteiger partial charge in [0.05, 0.1) is 5.60 Å². The highest BCUT2D eigenvalue weighted by Crippen LogP contribution is 2.40. The molecule has 0 aromatic carbocycles. The summed E-state index contributed by atoms with van der Waals surface area (Å²) >= 11 is 0. The Balaban J connectivity index is 2.55. The van der Waals surface area contributed by atoms with Gasteiger partial charge in [-0.2, -0.15) is 0 Å². The first-order valence-electron chi connectivity index (χ1n) is 6.60. The summed E-state index contributed by atoms with van der Waals surface area (Å²) in [4.78, 5) is 0. The molecule has 1 N–H and O–H groups in total. The molecule has 90 valence electrons. The van der Waals surface area contributed by atoms with Crippen LogP contribution in [0.4, 0.5) is 0 Å². The fourth-order valence-electron chi connectivity index (χ4n) is 2.97. The maximum Gasteiger partial charge on any atom is 0.0647 e. The summed E-state index contributed by atoms with van der Waals surface area (Å²) in [6, 6.07) is 0. The van der Waals surface area contributed by atoms with Crippen LogP contribution in [0, 0.1) is 11.3 Å². The highest BCUT2D eigenvalue weighted by Gasteiger charge is 2.33. The monoisotopic (exact) mass is 212 g/mol. The lowest BCUT2D eigenvalue weighted by atomic mass is 9.76. The van der Waals surface area contributed by atoms with Crippen LogP contribution in [-0.2, 0) is 0 Å². The third-order valence-corrected chi connectivity index (χ3v) is 4.09. The molecule has 0 aromatic heterocycles. The zero-order valence-electron chi connectivity index (χ0n) is 11.0. The van der Waals surface area contributed by atoms with E-state index in [1.165, 1.54) is 19.3 Å². The quantitative estimate of drug-likeness (QED) is 0.682. The molecule has 1 nitrogen and oxygen atoms in total.